The largest absolute Gasteiger partial charge is 0.345 e. The molecule has 3 heteroatoms. The number of hydrogen-bond donors (Lipinski definition) is 0. The number of rotatable bonds is 4. The molecule has 72 valence electrons. The molecule has 0 heterocycles. The van der Waals surface area contributed by atoms with E-state index in [1.54, 1.807) is 4.90 Å². The van der Waals surface area contributed by atoms with E-state index in [9.17, 15) is 4.79 Å². The van der Waals surface area contributed by atoms with E-state index in [0.717, 1.165) is 12.5 Å². The molecule has 0 spiro atoms. The van der Waals surface area contributed by atoms with Crippen molar-refractivity contribution in [1.29, 1.82) is 5.26 Å². The van der Waals surface area contributed by atoms with Crippen LogP contribution in [0, 0.1) is 17.2 Å². The average molecular weight is 180 g/mol. The minimum atomic E-state index is 0.105. The minimum absolute atomic E-state index is 0.105. The molecule has 13 heavy (non-hydrogen) atoms. The van der Waals surface area contributed by atoms with Crippen molar-refractivity contribution in [1.82, 2.24) is 4.90 Å². The van der Waals surface area contributed by atoms with Crippen molar-refractivity contribution in [3.63, 3.8) is 0 Å². The molecule has 0 aromatic carbocycles. The summed E-state index contributed by atoms with van der Waals surface area (Å²) < 4.78 is 0. The maximum absolute atomic E-state index is 11.4. The van der Waals surface area contributed by atoms with Gasteiger partial charge in [0.1, 0.15) is 0 Å². The van der Waals surface area contributed by atoms with E-state index < -0.39 is 0 Å². The summed E-state index contributed by atoms with van der Waals surface area (Å²) in [4.78, 5) is 13.1. The van der Waals surface area contributed by atoms with Gasteiger partial charge in [0.15, 0.2) is 0 Å². The van der Waals surface area contributed by atoms with Crippen LogP contribution in [-0.4, -0.2) is 24.4 Å². The fraction of sp³-hybridized carbons (Fsp3) is 0.800. The highest BCUT2D eigenvalue weighted by Crippen LogP contribution is 2.26. The summed E-state index contributed by atoms with van der Waals surface area (Å²) in [6.07, 6.45) is 4.55. The molecule has 1 aliphatic carbocycles. The first-order valence-corrected chi connectivity index (χ1v) is 4.85. The second-order valence-electron chi connectivity index (χ2n) is 3.73. The molecule has 1 fully saturated rings. The van der Waals surface area contributed by atoms with E-state index in [4.69, 9.17) is 5.26 Å². The zero-order valence-corrected chi connectivity index (χ0v) is 8.12. The third kappa shape index (κ3) is 3.06. The first-order valence-electron chi connectivity index (χ1n) is 4.85. The molecule has 0 atom stereocenters. The van der Waals surface area contributed by atoms with Gasteiger partial charge in [0, 0.05) is 26.4 Å². The number of carbonyl (C=O) groups excluding carboxylic acids is 1. The molecule has 0 saturated heterocycles. The summed E-state index contributed by atoms with van der Waals surface area (Å²) in [6, 6.07) is 1.99. The van der Waals surface area contributed by atoms with Crippen LogP contribution >= 0.6 is 0 Å². The topological polar surface area (TPSA) is 44.1 Å². The van der Waals surface area contributed by atoms with E-state index in [2.05, 4.69) is 0 Å². The lowest BCUT2D eigenvalue weighted by Crippen LogP contribution is -2.34. The zero-order valence-electron chi connectivity index (χ0n) is 8.12. The van der Waals surface area contributed by atoms with Crippen LogP contribution in [0.4, 0.5) is 0 Å². The number of carbonyl (C=O) groups is 1. The summed E-state index contributed by atoms with van der Waals surface area (Å²) >= 11 is 0. The van der Waals surface area contributed by atoms with Gasteiger partial charge in [0.2, 0.25) is 5.91 Å². The highest BCUT2D eigenvalue weighted by molar-refractivity contribution is 5.76. The highest BCUT2D eigenvalue weighted by atomic mass is 16.2. The molecule has 0 aromatic rings. The van der Waals surface area contributed by atoms with Crippen LogP contribution in [0.3, 0.4) is 0 Å². The normalized spacial score (nSPS) is 16.0. The van der Waals surface area contributed by atoms with Gasteiger partial charge < -0.3 is 4.90 Å². The quantitative estimate of drug-likeness (QED) is 0.658. The third-order valence-corrected chi connectivity index (χ3v) is 2.63. The summed E-state index contributed by atoms with van der Waals surface area (Å²) in [6.45, 7) is 0.879. The van der Waals surface area contributed by atoms with E-state index in [1.165, 1.54) is 19.3 Å². The zero-order chi connectivity index (χ0) is 9.68. The predicted molar refractivity (Wildman–Crippen MR) is 49.8 cm³/mol. The van der Waals surface area contributed by atoms with Crippen LogP contribution in [0.1, 0.15) is 32.1 Å². The summed E-state index contributed by atoms with van der Waals surface area (Å²) in [5.74, 6) is 0.824. The van der Waals surface area contributed by atoms with Gasteiger partial charge in [0.25, 0.3) is 0 Å². The van der Waals surface area contributed by atoms with Crippen molar-refractivity contribution in [3.05, 3.63) is 0 Å². The number of amides is 1. The molecule has 0 radical (unpaired) electrons. The monoisotopic (exact) mass is 180 g/mol. The summed E-state index contributed by atoms with van der Waals surface area (Å²) in [5, 5.41) is 8.32. The standard InChI is InChI=1S/C10H16N2O/c1-12(8-9-4-2-5-9)10(13)6-3-7-11/h9H,2-6,8H2,1H3. The number of nitriles is 1. The van der Waals surface area contributed by atoms with Crippen LogP contribution in [0.25, 0.3) is 0 Å². The molecule has 0 bridgehead atoms. The van der Waals surface area contributed by atoms with Gasteiger partial charge in [-0.2, -0.15) is 5.26 Å². The molecule has 0 N–H and O–H groups in total. The van der Waals surface area contributed by atoms with Crippen LogP contribution < -0.4 is 0 Å². The van der Waals surface area contributed by atoms with Crippen molar-refractivity contribution in [2.75, 3.05) is 13.6 Å². The summed E-state index contributed by atoms with van der Waals surface area (Å²) in [5.41, 5.74) is 0. The number of nitrogens with zero attached hydrogens (tertiary/aromatic N) is 2. The van der Waals surface area contributed by atoms with Gasteiger partial charge in [-0.25, -0.2) is 0 Å². The van der Waals surface area contributed by atoms with E-state index in [1.807, 2.05) is 13.1 Å². The van der Waals surface area contributed by atoms with Gasteiger partial charge >= 0.3 is 0 Å². The van der Waals surface area contributed by atoms with Gasteiger partial charge in [0.05, 0.1) is 6.07 Å². The Labute approximate surface area is 79.3 Å². The van der Waals surface area contributed by atoms with Crippen molar-refractivity contribution in [3.8, 4) is 6.07 Å². The van der Waals surface area contributed by atoms with Crippen molar-refractivity contribution in [2.24, 2.45) is 5.92 Å². The Kier molecular flexibility index (Phi) is 3.75. The van der Waals surface area contributed by atoms with Gasteiger partial charge in [-0.15, -0.1) is 0 Å². The van der Waals surface area contributed by atoms with Gasteiger partial charge in [-0.3, -0.25) is 4.79 Å². The Bertz CT molecular complexity index is 215. The van der Waals surface area contributed by atoms with Crippen LogP contribution in [0.2, 0.25) is 0 Å². The average Bonchev–Trinajstić information content (AvgIpc) is 2.06. The maximum Gasteiger partial charge on any atom is 0.223 e. The van der Waals surface area contributed by atoms with Crippen LogP contribution in [0.15, 0.2) is 0 Å². The molecule has 0 aliphatic heterocycles. The molecule has 3 nitrogen and oxygen atoms in total. The Morgan fingerprint density at radius 1 is 1.62 bits per heavy atom. The Morgan fingerprint density at radius 3 is 2.77 bits per heavy atom. The first kappa shape index (κ1) is 10.0. The van der Waals surface area contributed by atoms with Crippen LogP contribution in [-0.2, 0) is 4.79 Å². The Morgan fingerprint density at radius 2 is 2.31 bits per heavy atom. The fourth-order valence-electron chi connectivity index (χ4n) is 1.52. The van der Waals surface area contributed by atoms with Crippen LogP contribution in [0.5, 0.6) is 0 Å². The first-order chi connectivity index (χ1) is 6.24. The molecule has 0 aromatic heterocycles. The van der Waals surface area contributed by atoms with Crippen molar-refractivity contribution < 1.29 is 4.79 Å². The molecule has 1 saturated carbocycles. The Balaban J connectivity index is 2.17. The summed E-state index contributed by atoms with van der Waals surface area (Å²) in [7, 11) is 1.83. The highest BCUT2D eigenvalue weighted by Gasteiger charge is 2.20. The lowest BCUT2D eigenvalue weighted by atomic mass is 9.85. The van der Waals surface area contributed by atoms with Gasteiger partial charge in [-0.1, -0.05) is 6.42 Å². The Hall–Kier alpha value is -1.04. The SMILES string of the molecule is CN(CC1CCC1)C(=O)CCC#N. The molecule has 1 rings (SSSR count). The van der Waals surface area contributed by atoms with Crippen molar-refractivity contribution >= 4 is 5.91 Å². The second-order valence-corrected chi connectivity index (χ2v) is 3.73. The van der Waals surface area contributed by atoms with E-state index in [0.29, 0.717) is 12.8 Å². The van der Waals surface area contributed by atoms with Crippen molar-refractivity contribution in [2.45, 2.75) is 32.1 Å². The smallest absolute Gasteiger partial charge is 0.223 e. The molecular weight excluding hydrogens is 164 g/mol. The fourth-order valence-corrected chi connectivity index (χ4v) is 1.52. The lowest BCUT2D eigenvalue weighted by Gasteiger charge is -2.30. The lowest BCUT2D eigenvalue weighted by molar-refractivity contribution is -0.130. The molecule has 1 amide bonds. The predicted octanol–water partition coefficient (Wildman–Crippen LogP) is 1.55. The van der Waals surface area contributed by atoms with E-state index >= 15 is 0 Å². The molecular formula is C10H16N2O. The molecule has 0 unspecified atom stereocenters. The maximum atomic E-state index is 11.4. The molecule has 1 aliphatic rings. The minimum Gasteiger partial charge on any atom is -0.345 e. The van der Waals surface area contributed by atoms with Gasteiger partial charge in [-0.05, 0) is 18.8 Å². The van der Waals surface area contributed by atoms with E-state index in [-0.39, 0.29) is 5.91 Å². The number of hydrogen-bond acceptors (Lipinski definition) is 2. The third-order valence-electron chi connectivity index (χ3n) is 2.63. The second kappa shape index (κ2) is 4.86.